The minimum atomic E-state index is -3.73. The molecule has 5 nitrogen and oxygen atoms in total. The van der Waals surface area contributed by atoms with Crippen LogP contribution in [-0.4, -0.2) is 18.2 Å². The first-order chi connectivity index (χ1) is 9.81. The molecular formula is C14H17ClN2O3S. The molecule has 7 heteroatoms. The van der Waals surface area contributed by atoms with Crippen molar-refractivity contribution in [1.29, 1.82) is 0 Å². The first-order valence-corrected chi connectivity index (χ1v) is 8.82. The van der Waals surface area contributed by atoms with E-state index in [9.17, 15) is 8.42 Å². The predicted octanol–water partition coefficient (Wildman–Crippen LogP) is 3.03. The number of aromatic nitrogens is 2. The molecule has 1 aromatic heterocycles. The second kappa shape index (κ2) is 6.07. The van der Waals surface area contributed by atoms with Gasteiger partial charge in [0.15, 0.2) is 0 Å². The Bertz CT molecular complexity index is 730. The van der Waals surface area contributed by atoms with Gasteiger partial charge in [-0.3, -0.25) is 4.68 Å². The van der Waals surface area contributed by atoms with Crippen molar-refractivity contribution in [3.8, 4) is 5.75 Å². The van der Waals surface area contributed by atoms with Crippen LogP contribution in [0.3, 0.4) is 0 Å². The molecule has 1 heterocycles. The predicted molar refractivity (Wildman–Crippen MR) is 81.2 cm³/mol. The molecule has 0 aliphatic rings. The molecule has 0 radical (unpaired) electrons. The van der Waals surface area contributed by atoms with Crippen molar-refractivity contribution in [2.45, 2.75) is 38.8 Å². The summed E-state index contributed by atoms with van der Waals surface area (Å²) in [5.41, 5.74) is 2.43. The zero-order valence-corrected chi connectivity index (χ0v) is 13.7. The molecule has 21 heavy (non-hydrogen) atoms. The Morgan fingerprint density at radius 2 is 1.90 bits per heavy atom. The molecule has 0 aliphatic carbocycles. The summed E-state index contributed by atoms with van der Waals surface area (Å²) in [5, 5.41) is 4.18. The van der Waals surface area contributed by atoms with Gasteiger partial charge in [0.25, 0.3) is 9.05 Å². The maximum atomic E-state index is 11.4. The van der Waals surface area contributed by atoms with Crippen LogP contribution in [0.5, 0.6) is 5.75 Å². The lowest BCUT2D eigenvalue weighted by molar-refractivity contribution is 0.301. The molecule has 0 amide bonds. The summed E-state index contributed by atoms with van der Waals surface area (Å²) in [6, 6.07) is 3.03. The Kier molecular flexibility index (Phi) is 4.58. The molecule has 0 bridgehead atoms. The summed E-state index contributed by atoms with van der Waals surface area (Å²) in [7, 11) is 1.64. The fraction of sp³-hybridized carbons (Fsp3) is 0.357. The average molecular weight is 329 g/mol. The Labute approximate surface area is 128 Å². The quantitative estimate of drug-likeness (QED) is 0.791. The zero-order valence-electron chi connectivity index (χ0n) is 12.1. The van der Waals surface area contributed by atoms with Gasteiger partial charge in [0, 0.05) is 29.0 Å². The van der Waals surface area contributed by atoms with E-state index in [1.54, 1.807) is 20.0 Å². The normalized spacial score (nSPS) is 11.6. The molecule has 0 atom stereocenters. The number of hydrogen-bond acceptors (Lipinski definition) is 4. The minimum Gasteiger partial charge on any atom is -0.488 e. The molecule has 2 rings (SSSR count). The SMILES string of the molecule is CCn1cc(COc2c(C)cc(S(=O)(=O)Cl)cc2C)cn1. The highest BCUT2D eigenvalue weighted by atomic mass is 35.7. The summed E-state index contributed by atoms with van der Waals surface area (Å²) in [6.45, 7) is 6.79. The van der Waals surface area contributed by atoms with Gasteiger partial charge in [-0.1, -0.05) is 0 Å². The van der Waals surface area contributed by atoms with E-state index in [-0.39, 0.29) is 4.90 Å². The highest BCUT2D eigenvalue weighted by Crippen LogP contribution is 2.29. The van der Waals surface area contributed by atoms with E-state index < -0.39 is 9.05 Å². The lowest BCUT2D eigenvalue weighted by atomic mass is 10.1. The molecule has 2 aromatic rings. The Morgan fingerprint density at radius 1 is 1.29 bits per heavy atom. The van der Waals surface area contributed by atoms with Gasteiger partial charge < -0.3 is 4.74 Å². The monoisotopic (exact) mass is 328 g/mol. The smallest absolute Gasteiger partial charge is 0.261 e. The van der Waals surface area contributed by atoms with E-state index >= 15 is 0 Å². The van der Waals surface area contributed by atoms with Gasteiger partial charge in [0.1, 0.15) is 12.4 Å². The number of ether oxygens (including phenoxy) is 1. The van der Waals surface area contributed by atoms with Crippen molar-refractivity contribution in [2.24, 2.45) is 0 Å². The fourth-order valence-electron chi connectivity index (χ4n) is 2.09. The Balaban J connectivity index is 2.21. The number of halogens is 1. The van der Waals surface area contributed by atoms with E-state index in [4.69, 9.17) is 15.4 Å². The number of nitrogens with zero attached hydrogens (tertiary/aromatic N) is 2. The third-order valence-corrected chi connectivity index (χ3v) is 4.44. The van der Waals surface area contributed by atoms with Gasteiger partial charge >= 0.3 is 0 Å². The number of rotatable bonds is 5. The number of aryl methyl sites for hydroxylation is 3. The molecule has 0 spiro atoms. The van der Waals surface area contributed by atoms with E-state index in [0.29, 0.717) is 12.4 Å². The summed E-state index contributed by atoms with van der Waals surface area (Å²) < 4.78 is 30.4. The molecule has 0 unspecified atom stereocenters. The van der Waals surface area contributed by atoms with Crippen LogP contribution in [0.2, 0.25) is 0 Å². The lowest BCUT2D eigenvalue weighted by Gasteiger charge is -2.12. The highest BCUT2D eigenvalue weighted by Gasteiger charge is 2.15. The molecule has 0 saturated carbocycles. The Morgan fingerprint density at radius 3 is 2.38 bits per heavy atom. The van der Waals surface area contributed by atoms with Crippen molar-refractivity contribution < 1.29 is 13.2 Å². The maximum absolute atomic E-state index is 11.4. The first kappa shape index (κ1) is 15.9. The fourth-order valence-corrected chi connectivity index (χ4v) is 2.99. The van der Waals surface area contributed by atoms with Crippen LogP contribution in [0.4, 0.5) is 0 Å². The summed E-state index contributed by atoms with van der Waals surface area (Å²) in [6.07, 6.45) is 3.67. The molecule has 0 N–H and O–H groups in total. The van der Waals surface area contributed by atoms with Gasteiger partial charge in [0.05, 0.1) is 11.1 Å². The van der Waals surface area contributed by atoms with E-state index in [1.165, 1.54) is 12.1 Å². The zero-order chi connectivity index (χ0) is 15.6. The van der Waals surface area contributed by atoms with Crippen LogP contribution in [-0.2, 0) is 22.2 Å². The summed E-state index contributed by atoms with van der Waals surface area (Å²) in [5.74, 6) is 0.670. The molecule has 0 aliphatic heterocycles. The lowest BCUT2D eigenvalue weighted by Crippen LogP contribution is -2.01. The minimum absolute atomic E-state index is 0.0883. The third kappa shape index (κ3) is 3.77. The second-order valence-electron chi connectivity index (χ2n) is 4.82. The van der Waals surface area contributed by atoms with E-state index in [0.717, 1.165) is 23.2 Å². The largest absolute Gasteiger partial charge is 0.488 e. The van der Waals surface area contributed by atoms with E-state index in [2.05, 4.69) is 5.10 Å². The van der Waals surface area contributed by atoms with Crippen LogP contribution in [0.15, 0.2) is 29.4 Å². The standard InChI is InChI=1S/C14H17ClN2O3S/c1-4-17-8-12(7-16-17)9-20-14-10(2)5-13(6-11(14)3)21(15,18)19/h5-8H,4,9H2,1-3H3. The molecule has 0 fully saturated rings. The van der Waals surface area contributed by atoms with Crippen molar-refractivity contribution in [3.05, 3.63) is 41.2 Å². The van der Waals surface area contributed by atoms with Crippen LogP contribution in [0.1, 0.15) is 23.6 Å². The van der Waals surface area contributed by atoms with Gasteiger partial charge in [-0.05, 0) is 44.0 Å². The van der Waals surface area contributed by atoms with Crippen molar-refractivity contribution in [3.63, 3.8) is 0 Å². The summed E-state index contributed by atoms with van der Waals surface area (Å²) in [4.78, 5) is 0.0883. The summed E-state index contributed by atoms with van der Waals surface area (Å²) >= 11 is 0. The average Bonchev–Trinajstić information content (AvgIpc) is 2.84. The van der Waals surface area contributed by atoms with Crippen LogP contribution in [0.25, 0.3) is 0 Å². The molecular weight excluding hydrogens is 312 g/mol. The highest BCUT2D eigenvalue weighted by molar-refractivity contribution is 8.13. The van der Waals surface area contributed by atoms with Gasteiger partial charge in [-0.2, -0.15) is 5.10 Å². The van der Waals surface area contributed by atoms with Crippen molar-refractivity contribution >= 4 is 19.7 Å². The van der Waals surface area contributed by atoms with Gasteiger partial charge in [-0.25, -0.2) is 8.42 Å². The second-order valence-corrected chi connectivity index (χ2v) is 7.38. The molecule has 1 aromatic carbocycles. The van der Waals surface area contributed by atoms with E-state index in [1.807, 2.05) is 17.8 Å². The molecule has 114 valence electrons. The third-order valence-electron chi connectivity index (χ3n) is 3.11. The molecule has 0 saturated heterocycles. The maximum Gasteiger partial charge on any atom is 0.261 e. The van der Waals surface area contributed by atoms with Crippen molar-refractivity contribution in [1.82, 2.24) is 9.78 Å². The van der Waals surface area contributed by atoms with Crippen LogP contribution < -0.4 is 4.74 Å². The van der Waals surface area contributed by atoms with Crippen LogP contribution in [0, 0.1) is 13.8 Å². The van der Waals surface area contributed by atoms with Gasteiger partial charge in [-0.15, -0.1) is 0 Å². The van der Waals surface area contributed by atoms with Crippen molar-refractivity contribution in [2.75, 3.05) is 0 Å². The number of hydrogen-bond donors (Lipinski definition) is 0. The van der Waals surface area contributed by atoms with Gasteiger partial charge in [0.2, 0.25) is 0 Å². The Hall–Kier alpha value is -1.53. The topological polar surface area (TPSA) is 61.2 Å². The number of benzene rings is 1. The first-order valence-electron chi connectivity index (χ1n) is 6.51. The van der Waals surface area contributed by atoms with Crippen LogP contribution >= 0.6 is 10.7 Å².